The fraction of sp³-hybridized carbons (Fsp3) is 0.286. The fourth-order valence-corrected chi connectivity index (χ4v) is 7.36. The zero-order valence-corrected chi connectivity index (χ0v) is 30.7. The van der Waals surface area contributed by atoms with Crippen LogP contribution in [0.5, 0.6) is 5.75 Å². The Morgan fingerprint density at radius 3 is 2.02 bits per heavy atom. The van der Waals surface area contributed by atoms with Gasteiger partial charge in [0.1, 0.15) is 6.08 Å². The van der Waals surface area contributed by atoms with E-state index in [1.807, 2.05) is 24.3 Å². The lowest BCUT2D eigenvalue weighted by Gasteiger charge is -2.17. The molecule has 1 aliphatic rings. The quantitative estimate of drug-likeness (QED) is 0.115. The van der Waals surface area contributed by atoms with Crippen molar-refractivity contribution in [2.75, 3.05) is 36.8 Å². The number of halogens is 2. The van der Waals surface area contributed by atoms with E-state index in [1.165, 1.54) is 36.3 Å². The lowest BCUT2D eigenvalue weighted by Crippen LogP contribution is -3.11. The molecule has 1 N–H and O–H groups in total. The third kappa shape index (κ3) is 8.52. The van der Waals surface area contributed by atoms with Crippen molar-refractivity contribution in [3.8, 4) is 5.75 Å². The van der Waals surface area contributed by atoms with Crippen LogP contribution in [0.4, 0.5) is 5.69 Å². The molecule has 6 rings (SSSR count). The number of rotatable bonds is 10. The molecule has 0 fully saturated rings. The molecule has 5 aromatic rings. The standard InChI is InChI=1S/C29H20Cl2N2O8S2.C6H15N/c30-22-15-24-28(20-9-3-1-7-18(20)22)40-26(32(24)13-6-14-42(34,35)36)11-5-12-27-33(17-43(37,38)39)25-16-23(31)19-8-2-4-10-21(19)29(25)41-27;1-4-7(5-2)6-3/h1-4,7-10,12,15-16H,6,13-14,17H2,(H-,34,35,36,37,38,39);4-6H2,1-3H3. The molecule has 0 saturated carbocycles. The predicted molar refractivity (Wildman–Crippen MR) is 192 cm³/mol. The normalized spacial score (nSPS) is 12.9. The van der Waals surface area contributed by atoms with Crippen molar-refractivity contribution in [1.82, 2.24) is 0 Å². The van der Waals surface area contributed by atoms with Gasteiger partial charge in [-0.2, -0.15) is 0 Å². The molecule has 2 heterocycles. The van der Waals surface area contributed by atoms with Crippen molar-refractivity contribution in [1.29, 1.82) is 0 Å². The van der Waals surface area contributed by atoms with Crippen LogP contribution in [-0.2, 0) is 26.1 Å². The molecule has 11 nitrogen and oxygen atoms in total. The van der Waals surface area contributed by atoms with Crippen LogP contribution < -0.4 is 19.1 Å². The number of aromatic nitrogens is 1. The van der Waals surface area contributed by atoms with Gasteiger partial charge in [0.25, 0.3) is 11.4 Å². The highest BCUT2D eigenvalue weighted by atomic mass is 35.5. The highest BCUT2D eigenvalue weighted by Gasteiger charge is 2.30. The first-order chi connectivity index (χ1) is 23.7. The van der Waals surface area contributed by atoms with E-state index >= 15 is 0 Å². The van der Waals surface area contributed by atoms with Crippen molar-refractivity contribution >= 4 is 87.8 Å². The number of fused-ring (bicyclic) bond motifs is 6. The van der Waals surface area contributed by atoms with Gasteiger partial charge in [0.2, 0.25) is 11.5 Å². The van der Waals surface area contributed by atoms with Gasteiger partial charge in [0.05, 0.1) is 45.5 Å². The van der Waals surface area contributed by atoms with Crippen LogP contribution in [0.25, 0.3) is 38.7 Å². The molecule has 0 radical (unpaired) electrons. The number of quaternary nitrogens is 1. The fourth-order valence-electron chi connectivity index (χ4n) is 5.76. The zero-order valence-electron chi connectivity index (χ0n) is 27.5. The maximum Gasteiger partial charge on any atom is 0.383 e. The first-order valence-electron chi connectivity index (χ1n) is 15.9. The van der Waals surface area contributed by atoms with E-state index in [2.05, 4.69) is 32.2 Å². The van der Waals surface area contributed by atoms with Gasteiger partial charge < -0.3 is 28.1 Å². The molecule has 1 aromatic heterocycles. The molecule has 0 amide bonds. The number of benzene rings is 4. The minimum atomic E-state index is -4.74. The summed E-state index contributed by atoms with van der Waals surface area (Å²) in [5.74, 6) is -0.975. The predicted octanol–water partition coefficient (Wildman–Crippen LogP) is 5.21. The zero-order chi connectivity index (χ0) is 36.2. The molecule has 0 unspecified atom stereocenters. The molecule has 264 valence electrons. The number of anilines is 1. The van der Waals surface area contributed by atoms with Gasteiger partial charge in [-0.05, 0) is 39.0 Å². The summed E-state index contributed by atoms with van der Waals surface area (Å²) in [6.45, 7) is 10.6. The topological polar surface area (TPSA) is 148 Å². The number of nitrogens with one attached hydrogen (secondary N) is 1. The van der Waals surface area contributed by atoms with Gasteiger partial charge in [-0.25, -0.2) is 16.8 Å². The maximum atomic E-state index is 11.8. The molecular formula is C35H35Cl2N3O8S2. The summed E-state index contributed by atoms with van der Waals surface area (Å²) in [6, 6.07) is 17.6. The summed E-state index contributed by atoms with van der Waals surface area (Å²) in [4.78, 5) is 3.29. The molecular weight excluding hydrogens is 725 g/mol. The number of nitrogens with zero attached hydrogens (tertiary/aromatic N) is 2. The average Bonchev–Trinajstić information content (AvgIpc) is 3.58. The third-order valence-electron chi connectivity index (χ3n) is 8.29. The van der Waals surface area contributed by atoms with Gasteiger partial charge in [-0.1, -0.05) is 77.5 Å². The summed E-state index contributed by atoms with van der Waals surface area (Å²) in [5.41, 5.74) is 6.79. The van der Waals surface area contributed by atoms with Gasteiger partial charge in [0, 0.05) is 39.9 Å². The largest absolute Gasteiger partial charge is 0.748 e. The molecule has 0 atom stereocenters. The SMILES string of the molecule is CC[NH+](CC)CC.O=S(=O)([O-])CCCN1C(=C=C=Cc2oc3c4ccccc4c(Cl)cc3[n+]2CS(=O)(=O)[O-])Oc2c1cc(Cl)c1ccccc21. The second-order valence-corrected chi connectivity index (χ2v) is 15.2. The molecule has 50 heavy (non-hydrogen) atoms. The van der Waals surface area contributed by atoms with Crippen LogP contribution in [0, 0.1) is 0 Å². The Labute approximate surface area is 300 Å². The van der Waals surface area contributed by atoms with Gasteiger partial charge in [0.15, 0.2) is 15.9 Å². The van der Waals surface area contributed by atoms with Crippen LogP contribution in [0.1, 0.15) is 33.1 Å². The Kier molecular flexibility index (Phi) is 11.6. The van der Waals surface area contributed by atoms with E-state index in [0.717, 1.165) is 5.39 Å². The van der Waals surface area contributed by atoms with E-state index in [9.17, 15) is 25.9 Å². The highest BCUT2D eigenvalue weighted by Crippen LogP contribution is 2.46. The van der Waals surface area contributed by atoms with E-state index < -0.39 is 31.9 Å². The number of oxazole rings is 1. The Morgan fingerprint density at radius 2 is 1.44 bits per heavy atom. The Morgan fingerprint density at radius 1 is 0.860 bits per heavy atom. The Balaban J connectivity index is 0.000000630. The summed E-state index contributed by atoms with van der Waals surface area (Å²) < 4.78 is 82.4. The smallest absolute Gasteiger partial charge is 0.383 e. The lowest BCUT2D eigenvalue weighted by atomic mass is 10.1. The molecule has 15 heteroatoms. The van der Waals surface area contributed by atoms with Crippen LogP contribution in [-0.4, -0.2) is 57.9 Å². The van der Waals surface area contributed by atoms with Crippen LogP contribution in [0.15, 0.2) is 82.4 Å². The average molecular weight is 761 g/mol. The number of ether oxygens (including phenoxy) is 1. The number of hydrogen-bond acceptors (Lipinski definition) is 9. The Bertz CT molecular complexity index is 2390. The van der Waals surface area contributed by atoms with Crippen molar-refractivity contribution < 1.29 is 44.6 Å². The summed E-state index contributed by atoms with van der Waals surface area (Å²) >= 11 is 13.0. The molecule has 0 aliphatic carbocycles. The van der Waals surface area contributed by atoms with Crippen molar-refractivity contribution in [3.05, 3.63) is 93.9 Å². The van der Waals surface area contributed by atoms with Crippen LogP contribution >= 0.6 is 23.2 Å². The Hall–Kier alpha value is -3.87. The molecule has 0 bridgehead atoms. The van der Waals surface area contributed by atoms with E-state index in [0.29, 0.717) is 43.2 Å². The maximum absolute atomic E-state index is 11.8. The monoisotopic (exact) mass is 759 g/mol. The van der Waals surface area contributed by atoms with Gasteiger partial charge in [-0.3, -0.25) is 0 Å². The molecule has 4 aromatic carbocycles. The van der Waals surface area contributed by atoms with E-state index in [4.69, 9.17) is 32.4 Å². The van der Waals surface area contributed by atoms with E-state index in [1.54, 1.807) is 40.1 Å². The summed E-state index contributed by atoms with van der Waals surface area (Å²) in [5, 5.41) is 3.50. The number of hydrogen-bond donors (Lipinski definition) is 1. The minimum Gasteiger partial charge on any atom is -0.748 e. The van der Waals surface area contributed by atoms with Crippen LogP contribution in [0.3, 0.4) is 0 Å². The molecule has 0 spiro atoms. The minimum absolute atomic E-state index is 0.00720. The third-order valence-corrected chi connectivity index (χ3v) is 10.3. The lowest BCUT2D eigenvalue weighted by molar-refractivity contribution is -0.894. The summed E-state index contributed by atoms with van der Waals surface area (Å²) in [7, 11) is -9.20. The van der Waals surface area contributed by atoms with Gasteiger partial charge in [-0.15, -0.1) is 4.57 Å². The van der Waals surface area contributed by atoms with Crippen LogP contribution in [0.2, 0.25) is 10.0 Å². The van der Waals surface area contributed by atoms with Crippen molar-refractivity contribution in [3.63, 3.8) is 0 Å². The van der Waals surface area contributed by atoms with Gasteiger partial charge >= 0.3 is 5.89 Å². The second kappa shape index (κ2) is 15.6. The molecule has 1 aliphatic heterocycles. The van der Waals surface area contributed by atoms with Crippen molar-refractivity contribution in [2.45, 2.75) is 33.1 Å². The highest BCUT2D eigenvalue weighted by molar-refractivity contribution is 7.85. The second-order valence-electron chi connectivity index (χ2n) is 11.5. The van der Waals surface area contributed by atoms with Crippen molar-refractivity contribution in [2.24, 2.45) is 0 Å². The first kappa shape index (κ1) is 37.4. The summed E-state index contributed by atoms with van der Waals surface area (Å²) in [6.07, 6.45) is 1.28. The van der Waals surface area contributed by atoms with E-state index in [-0.39, 0.29) is 30.3 Å². The molecule has 0 saturated heterocycles. The first-order valence-corrected chi connectivity index (χ1v) is 19.8.